The van der Waals surface area contributed by atoms with Crippen molar-refractivity contribution >= 4 is 11.1 Å². The third-order valence-electron chi connectivity index (χ3n) is 6.44. The number of phenolic OH excluding ortho intramolecular Hbond substituents is 1. The number of phenols is 1. The summed E-state index contributed by atoms with van der Waals surface area (Å²) in [6.07, 6.45) is 1.69. The molecule has 2 aliphatic rings. The van der Waals surface area contributed by atoms with Gasteiger partial charge in [0, 0.05) is 12.6 Å². The van der Waals surface area contributed by atoms with Crippen LogP contribution in [0.3, 0.4) is 0 Å². The third-order valence-corrected chi connectivity index (χ3v) is 6.44. The van der Waals surface area contributed by atoms with Crippen molar-refractivity contribution in [2.45, 2.75) is 38.8 Å². The molecule has 0 aromatic heterocycles. The molecule has 1 atom stereocenters. The lowest BCUT2D eigenvalue weighted by atomic mass is 9.87. The zero-order valence-electron chi connectivity index (χ0n) is 20.7. The minimum absolute atomic E-state index is 0.226. The second-order valence-electron chi connectivity index (χ2n) is 9.73. The molecule has 1 aliphatic carbocycles. The van der Waals surface area contributed by atoms with Crippen molar-refractivity contribution < 1.29 is 24.4 Å². The van der Waals surface area contributed by atoms with Gasteiger partial charge in [-0.25, -0.2) is 0 Å². The number of aromatic hydroxyl groups is 1. The highest BCUT2D eigenvalue weighted by molar-refractivity contribution is 6.00. The second kappa shape index (κ2) is 10.6. The highest BCUT2D eigenvalue weighted by Gasteiger charge is 2.31. The molecule has 1 fully saturated rings. The van der Waals surface area contributed by atoms with Crippen molar-refractivity contribution in [1.29, 1.82) is 0 Å². The van der Waals surface area contributed by atoms with Crippen molar-refractivity contribution in [1.82, 2.24) is 5.32 Å². The van der Waals surface area contributed by atoms with Gasteiger partial charge in [0.2, 0.25) is 6.79 Å². The molecule has 36 heavy (non-hydrogen) atoms. The summed E-state index contributed by atoms with van der Waals surface area (Å²) in [5.74, 6) is 2.94. The average Bonchev–Trinajstić information content (AvgIpc) is 3.61. The molecule has 3 N–H and O–H groups in total. The number of hydrogen-bond acceptors (Lipinski definition) is 6. The summed E-state index contributed by atoms with van der Waals surface area (Å²) in [5.41, 5.74) is 5.61. The molecule has 188 valence electrons. The van der Waals surface area contributed by atoms with E-state index in [1.165, 1.54) is 5.57 Å². The van der Waals surface area contributed by atoms with E-state index in [-0.39, 0.29) is 19.1 Å². The molecule has 1 heterocycles. The fraction of sp³-hybridized carbons (Fsp3) is 0.333. The number of nitrogens with one attached hydrogen (secondary N) is 1. The monoisotopic (exact) mass is 487 g/mol. The van der Waals surface area contributed by atoms with Crippen LogP contribution in [-0.2, 0) is 0 Å². The van der Waals surface area contributed by atoms with E-state index in [0.717, 1.165) is 46.6 Å². The quantitative estimate of drug-likeness (QED) is 0.340. The maximum Gasteiger partial charge on any atom is 0.231 e. The molecule has 6 heteroatoms. The number of fused-ring (bicyclic) bond motifs is 1. The number of benzene rings is 3. The van der Waals surface area contributed by atoms with Gasteiger partial charge in [-0.2, -0.15) is 0 Å². The maximum atomic E-state index is 10.2. The molecule has 3 aromatic rings. The van der Waals surface area contributed by atoms with Crippen molar-refractivity contribution in [3.63, 3.8) is 0 Å². The van der Waals surface area contributed by atoms with Crippen molar-refractivity contribution in [3.05, 3.63) is 83.4 Å². The van der Waals surface area contributed by atoms with Gasteiger partial charge in [-0.15, -0.1) is 0 Å². The molecule has 5 rings (SSSR count). The van der Waals surface area contributed by atoms with Crippen molar-refractivity contribution in [2.75, 3.05) is 19.9 Å². The zero-order valence-corrected chi connectivity index (χ0v) is 20.7. The number of allylic oxidation sites excluding steroid dienone is 1. The van der Waals surface area contributed by atoms with E-state index in [1.54, 1.807) is 12.1 Å². The van der Waals surface area contributed by atoms with Crippen LogP contribution in [0.2, 0.25) is 0 Å². The molecule has 0 spiro atoms. The molecular formula is C30H33NO5. The third kappa shape index (κ3) is 5.66. The molecule has 3 aromatic carbocycles. The van der Waals surface area contributed by atoms with E-state index in [1.807, 2.05) is 44.2 Å². The molecule has 1 saturated carbocycles. The molecule has 0 radical (unpaired) electrons. The van der Waals surface area contributed by atoms with Gasteiger partial charge in [0.1, 0.15) is 24.2 Å². The zero-order chi connectivity index (χ0) is 25.1. The average molecular weight is 488 g/mol. The van der Waals surface area contributed by atoms with Gasteiger partial charge in [0.05, 0.1) is 0 Å². The lowest BCUT2D eigenvalue weighted by Gasteiger charge is -2.18. The Balaban J connectivity index is 1.48. The van der Waals surface area contributed by atoms with Gasteiger partial charge in [-0.1, -0.05) is 44.2 Å². The Morgan fingerprint density at radius 2 is 1.56 bits per heavy atom. The molecule has 0 bridgehead atoms. The van der Waals surface area contributed by atoms with Crippen LogP contribution in [0.15, 0.2) is 66.7 Å². The summed E-state index contributed by atoms with van der Waals surface area (Å²) in [6.45, 7) is 5.06. The summed E-state index contributed by atoms with van der Waals surface area (Å²) >= 11 is 0. The summed E-state index contributed by atoms with van der Waals surface area (Å²) < 4.78 is 17.0. The minimum Gasteiger partial charge on any atom is -0.508 e. The van der Waals surface area contributed by atoms with Crippen LogP contribution in [-0.4, -0.2) is 42.3 Å². The van der Waals surface area contributed by atoms with E-state index >= 15 is 0 Å². The van der Waals surface area contributed by atoms with Crippen LogP contribution < -0.4 is 19.5 Å². The highest BCUT2D eigenvalue weighted by atomic mass is 16.7. The largest absolute Gasteiger partial charge is 0.508 e. The number of ether oxygens (including phenoxy) is 3. The molecule has 1 aliphatic heterocycles. The van der Waals surface area contributed by atoms with Crippen LogP contribution >= 0.6 is 0 Å². The van der Waals surface area contributed by atoms with Gasteiger partial charge in [-0.3, -0.25) is 0 Å². The van der Waals surface area contributed by atoms with Crippen molar-refractivity contribution in [2.24, 2.45) is 5.92 Å². The van der Waals surface area contributed by atoms with Gasteiger partial charge in [-0.05, 0) is 83.0 Å². The van der Waals surface area contributed by atoms with Crippen molar-refractivity contribution in [3.8, 4) is 23.0 Å². The van der Waals surface area contributed by atoms with Crippen LogP contribution in [0.4, 0.5) is 0 Å². The topological polar surface area (TPSA) is 80.2 Å². The van der Waals surface area contributed by atoms with E-state index in [4.69, 9.17) is 14.2 Å². The lowest BCUT2D eigenvalue weighted by Crippen LogP contribution is -2.35. The standard InChI is InChI=1S/C30H33NO5/c1-19(2)31-16-25(33)17-34-26-12-7-22(8-13-26)29(21-5-10-24(32)11-6-21)30(20-3-4-20)23-9-14-27-28(15-23)36-18-35-27/h5-15,19-20,25,31-33H,3-4,16-18H2,1-2H3/b30-29+. The van der Waals surface area contributed by atoms with E-state index < -0.39 is 6.10 Å². The van der Waals surface area contributed by atoms with Crippen LogP contribution in [0, 0.1) is 5.92 Å². The molecule has 1 unspecified atom stereocenters. The van der Waals surface area contributed by atoms with Crippen LogP contribution in [0.5, 0.6) is 23.0 Å². The van der Waals surface area contributed by atoms with E-state index in [0.29, 0.717) is 24.3 Å². The summed E-state index contributed by atoms with van der Waals surface area (Å²) in [7, 11) is 0. The summed E-state index contributed by atoms with van der Waals surface area (Å²) in [5, 5.41) is 23.3. The SMILES string of the molecule is CC(C)NCC(O)COc1ccc(/C(=C(/c2ccc3c(c2)OCO3)C2CC2)c2ccc(O)cc2)cc1. The Hall–Kier alpha value is -3.48. The van der Waals surface area contributed by atoms with Crippen LogP contribution in [0.25, 0.3) is 11.1 Å². The smallest absolute Gasteiger partial charge is 0.231 e. The predicted molar refractivity (Wildman–Crippen MR) is 140 cm³/mol. The Morgan fingerprint density at radius 3 is 2.22 bits per heavy atom. The first-order chi connectivity index (χ1) is 17.5. The van der Waals surface area contributed by atoms with E-state index in [2.05, 4.69) is 29.6 Å². The first kappa shape index (κ1) is 24.2. The fourth-order valence-electron chi connectivity index (χ4n) is 4.47. The fourth-order valence-corrected chi connectivity index (χ4v) is 4.47. The normalized spacial score (nSPS) is 16.1. The lowest BCUT2D eigenvalue weighted by molar-refractivity contribution is 0.104. The van der Waals surface area contributed by atoms with E-state index in [9.17, 15) is 10.2 Å². The summed E-state index contributed by atoms with van der Waals surface area (Å²) in [6, 6.07) is 21.9. The number of rotatable bonds is 10. The first-order valence-corrected chi connectivity index (χ1v) is 12.6. The number of aliphatic hydroxyl groups excluding tert-OH is 1. The Labute approximate surface area is 212 Å². The Bertz CT molecular complexity index is 1210. The molecular weight excluding hydrogens is 454 g/mol. The number of hydrogen-bond donors (Lipinski definition) is 3. The number of aliphatic hydroxyl groups is 1. The van der Waals surface area contributed by atoms with Gasteiger partial charge in [0.25, 0.3) is 0 Å². The molecule has 0 amide bonds. The Kier molecular flexibility index (Phi) is 7.16. The second-order valence-corrected chi connectivity index (χ2v) is 9.73. The maximum absolute atomic E-state index is 10.2. The molecule has 0 saturated heterocycles. The predicted octanol–water partition coefficient (Wildman–Crippen LogP) is 5.23. The highest BCUT2D eigenvalue weighted by Crippen LogP contribution is 2.49. The molecule has 6 nitrogen and oxygen atoms in total. The van der Waals surface area contributed by atoms with Gasteiger partial charge < -0.3 is 29.7 Å². The first-order valence-electron chi connectivity index (χ1n) is 12.6. The Morgan fingerprint density at radius 1 is 0.917 bits per heavy atom. The minimum atomic E-state index is -0.577. The van der Waals surface area contributed by atoms with Crippen LogP contribution in [0.1, 0.15) is 43.4 Å². The van der Waals surface area contributed by atoms with Gasteiger partial charge in [0.15, 0.2) is 11.5 Å². The summed E-state index contributed by atoms with van der Waals surface area (Å²) in [4.78, 5) is 0. The van der Waals surface area contributed by atoms with Gasteiger partial charge >= 0.3 is 0 Å².